The van der Waals surface area contributed by atoms with Crippen molar-refractivity contribution in [2.45, 2.75) is 19.3 Å². The molecule has 0 unspecified atom stereocenters. The van der Waals surface area contributed by atoms with Crippen molar-refractivity contribution in [3.8, 4) is 0 Å². The van der Waals surface area contributed by atoms with Gasteiger partial charge in [0.2, 0.25) is 0 Å². The van der Waals surface area contributed by atoms with E-state index >= 15 is 0 Å². The quantitative estimate of drug-likeness (QED) is 0.739. The van der Waals surface area contributed by atoms with Crippen LogP contribution in [0.1, 0.15) is 28.9 Å². The van der Waals surface area contributed by atoms with Gasteiger partial charge in [-0.2, -0.15) is 0 Å². The lowest BCUT2D eigenvalue weighted by Gasteiger charge is -2.32. The fourth-order valence-electron chi connectivity index (χ4n) is 3.63. The number of amides is 1. The number of pyridine rings is 1. The zero-order valence-electron chi connectivity index (χ0n) is 14.0. The molecule has 2 aromatic heterocycles. The van der Waals surface area contributed by atoms with Gasteiger partial charge >= 0.3 is 0 Å². The number of fused-ring (bicyclic) bond motifs is 1. The molecule has 5 nitrogen and oxygen atoms in total. The first-order valence-corrected chi connectivity index (χ1v) is 8.69. The van der Waals surface area contributed by atoms with Crippen LogP contribution in [-0.4, -0.2) is 38.8 Å². The summed E-state index contributed by atoms with van der Waals surface area (Å²) in [6.45, 7) is 1.55. The standard InChI is InChI=1S/C20H20N4O/c25-20(18-13-21-9-10-22-18)24-11-3-4-15(14-24)12-17-6-1-5-16-7-2-8-23-19(16)17/h1-2,5-10,13,15H,3-4,11-12,14H2/t15-/m0/s1. The highest BCUT2D eigenvalue weighted by Gasteiger charge is 2.25. The van der Waals surface area contributed by atoms with Crippen molar-refractivity contribution in [2.24, 2.45) is 5.92 Å². The molecule has 1 amide bonds. The fraction of sp³-hybridized carbons (Fsp3) is 0.300. The number of carbonyl (C=O) groups is 1. The number of rotatable bonds is 3. The molecule has 3 aromatic rings. The summed E-state index contributed by atoms with van der Waals surface area (Å²) >= 11 is 0. The van der Waals surface area contributed by atoms with E-state index in [4.69, 9.17) is 0 Å². The van der Waals surface area contributed by atoms with Crippen LogP contribution in [0.15, 0.2) is 55.1 Å². The topological polar surface area (TPSA) is 59.0 Å². The number of piperidine rings is 1. The first-order valence-electron chi connectivity index (χ1n) is 8.69. The molecule has 0 radical (unpaired) electrons. The third-order valence-electron chi connectivity index (χ3n) is 4.81. The molecule has 126 valence electrons. The van der Waals surface area contributed by atoms with Gasteiger partial charge in [-0.3, -0.25) is 14.8 Å². The van der Waals surface area contributed by atoms with Crippen molar-refractivity contribution in [1.29, 1.82) is 0 Å². The third kappa shape index (κ3) is 3.36. The molecule has 1 aromatic carbocycles. The second-order valence-electron chi connectivity index (χ2n) is 6.55. The second-order valence-corrected chi connectivity index (χ2v) is 6.55. The number of nitrogens with zero attached hydrogens (tertiary/aromatic N) is 4. The van der Waals surface area contributed by atoms with E-state index in [1.807, 2.05) is 17.2 Å². The van der Waals surface area contributed by atoms with Gasteiger partial charge in [0.05, 0.1) is 11.7 Å². The average molecular weight is 332 g/mol. The van der Waals surface area contributed by atoms with Gasteiger partial charge < -0.3 is 4.90 Å². The predicted molar refractivity (Wildman–Crippen MR) is 96.1 cm³/mol. The van der Waals surface area contributed by atoms with Crippen molar-refractivity contribution >= 4 is 16.8 Å². The highest BCUT2D eigenvalue weighted by atomic mass is 16.2. The van der Waals surface area contributed by atoms with E-state index in [1.54, 1.807) is 18.6 Å². The number of hydrogen-bond acceptors (Lipinski definition) is 4. The smallest absolute Gasteiger partial charge is 0.274 e. The van der Waals surface area contributed by atoms with Gasteiger partial charge in [-0.1, -0.05) is 24.3 Å². The maximum Gasteiger partial charge on any atom is 0.274 e. The molecule has 1 saturated heterocycles. The summed E-state index contributed by atoms with van der Waals surface area (Å²) in [4.78, 5) is 27.2. The van der Waals surface area contributed by atoms with Crippen molar-refractivity contribution in [3.63, 3.8) is 0 Å². The van der Waals surface area contributed by atoms with E-state index in [1.165, 1.54) is 10.9 Å². The van der Waals surface area contributed by atoms with E-state index < -0.39 is 0 Å². The molecule has 0 spiro atoms. The van der Waals surface area contributed by atoms with Gasteiger partial charge in [0, 0.05) is 37.1 Å². The molecule has 5 heteroatoms. The highest BCUT2D eigenvalue weighted by molar-refractivity contribution is 5.92. The number of likely N-dealkylation sites (tertiary alicyclic amines) is 1. The lowest BCUT2D eigenvalue weighted by atomic mass is 9.90. The van der Waals surface area contributed by atoms with E-state index in [2.05, 4.69) is 39.2 Å². The molecule has 0 N–H and O–H groups in total. The Bertz CT molecular complexity index is 876. The van der Waals surface area contributed by atoms with E-state index in [9.17, 15) is 4.79 Å². The van der Waals surface area contributed by atoms with Crippen LogP contribution in [0.3, 0.4) is 0 Å². The fourth-order valence-corrected chi connectivity index (χ4v) is 3.63. The van der Waals surface area contributed by atoms with E-state index in [0.29, 0.717) is 11.6 Å². The normalized spacial score (nSPS) is 17.6. The number of aromatic nitrogens is 3. The third-order valence-corrected chi connectivity index (χ3v) is 4.81. The molecule has 0 bridgehead atoms. The molecule has 1 fully saturated rings. The maximum atomic E-state index is 12.6. The van der Waals surface area contributed by atoms with Crippen LogP contribution >= 0.6 is 0 Å². The van der Waals surface area contributed by atoms with Gasteiger partial charge in [0.25, 0.3) is 5.91 Å². The number of benzene rings is 1. The SMILES string of the molecule is O=C(c1cnccn1)N1CCC[C@@H](Cc2cccc3cccnc23)C1. The highest BCUT2D eigenvalue weighted by Crippen LogP contribution is 2.25. The largest absolute Gasteiger partial charge is 0.337 e. The summed E-state index contributed by atoms with van der Waals surface area (Å²) in [5.74, 6) is 0.427. The first-order chi connectivity index (χ1) is 12.3. The van der Waals surface area contributed by atoms with Gasteiger partial charge in [-0.05, 0) is 36.8 Å². The molecule has 1 atom stereocenters. The van der Waals surface area contributed by atoms with Gasteiger partial charge in [0.15, 0.2) is 0 Å². The van der Waals surface area contributed by atoms with Crippen molar-refractivity contribution in [1.82, 2.24) is 19.9 Å². The molecular formula is C20H20N4O. The molecular weight excluding hydrogens is 312 g/mol. The molecule has 0 saturated carbocycles. The Labute approximate surface area is 146 Å². The van der Waals surface area contributed by atoms with Crippen molar-refractivity contribution < 1.29 is 4.79 Å². The molecule has 4 rings (SSSR count). The van der Waals surface area contributed by atoms with Crippen LogP contribution in [0.25, 0.3) is 10.9 Å². The van der Waals surface area contributed by atoms with Gasteiger partial charge in [-0.25, -0.2) is 4.98 Å². The summed E-state index contributed by atoms with van der Waals surface area (Å²) in [6, 6.07) is 10.4. The zero-order chi connectivity index (χ0) is 17.1. The first kappa shape index (κ1) is 15.7. The summed E-state index contributed by atoms with van der Waals surface area (Å²) in [6.07, 6.45) is 9.64. The van der Waals surface area contributed by atoms with Crippen LogP contribution in [0.5, 0.6) is 0 Å². The van der Waals surface area contributed by atoms with Gasteiger partial charge in [-0.15, -0.1) is 0 Å². The molecule has 25 heavy (non-hydrogen) atoms. The molecule has 1 aliphatic rings. The van der Waals surface area contributed by atoms with Crippen LogP contribution < -0.4 is 0 Å². The number of para-hydroxylation sites is 1. The Morgan fingerprint density at radius 1 is 1.12 bits per heavy atom. The summed E-state index contributed by atoms with van der Waals surface area (Å²) in [5, 5.41) is 1.17. The Balaban J connectivity index is 1.51. The predicted octanol–water partition coefficient (Wildman–Crippen LogP) is 3.12. The molecule has 0 aliphatic carbocycles. The Morgan fingerprint density at radius 3 is 2.92 bits per heavy atom. The summed E-state index contributed by atoms with van der Waals surface area (Å²) in [5.41, 5.74) is 2.76. The van der Waals surface area contributed by atoms with Gasteiger partial charge in [0.1, 0.15) is 5.69 Å². The van der Waals surface area contributed by atoms with Crippen LogP contribution in [0.4, 0.5) is 0 Å². The van der Waals surface area contributed by atoms with Crippen molar-refractivity contribution in [3.05, 3.63) is 66.4 Å². The summed E-state index contributed by atoms with van der Waals surface area (Å²) < 4.78 is 0. The second kappa shape index (κ2) is 6.97. The Morgan fingerprint density at radius 2 is 2.04 bits per heavy atom. The summed E-state index contributed by atoms with van der Waals surface area (Å²) in [7, 11) is 0. The molecule has 1 aliphatic heterocycles. The number of hydrogen-bond donors (Lipinski definition) is 0. The maximum absolute atomic E-state index is 12.6. The van der Waals surface area contributed by atoms with Crippen LogP contribution in [-0.2, 0) is 6.42 Å². The zero-order valence-corrected chi connectivity index (χ0v) is 14.0. The Kier molecular flexibility index (Phi) is 4.37. The lowest BCUT2D eigenvalue weighted by Crippen LogP contribution is -2.40. The number of carbonyl (C=O) groups excluding carboxylic acids is 1. The molecule has 3 heterocycles. The minimum Gasteiger partial charge on any atom is -0.337 e. The van der Waals surface area contributed by atoms with E-state index in [-0.39, 0.29) is 5.91 Å². The minimum atomic E-state index is -0.0196. The van der Waals surface area contributed by atoms with Crippen molar-refractivity contribution in [2.75, 3.05) is 13.1 Å². The van der Waals surface area contributed by atoms with Crippen LogP contribution in [0, 0.1) is 5.92 Å². The monoisotopic (exact) mass is 332 g/mol. The Hall–Kier alpha value is -2.82. The van der Waals surface area contributed by atoms with E-state index in [0.717, 1.165) is 37.9 Å². The lowest BCUT2D eigenvalue weighted by molar-refractivity contribution is 0.0667. The van der Waals surface area contributed by atoms with Crippen LogP contribution in [0.2, 0.25) is 0 Å². The average Bonchev–Trinajstić information content (AvgIpc) is 2.69. The minimum absolute atomic E-state index is 0.0196.